The van der Waals surface area contributed by atoms with Crippen LogP contribution in [-0.4, -0.2) is 26.0 Å². The maximum Gasteiger partial charge on any atom is 0.233 e. The van der Waals surface area contributed by atoms with Crippen molar-refractivity contribution in [2.24, 2.45) is 0 Å². The summed E-state index contributed by atoms with van der Waals surface area (Å²) in [5, 5.41) is 11.8. The highest BCUT2D eigenvalue weighted by molar-refractivity contribution is 8.00. The van der Waals surface area contributed by atoms with Gasteiger partial charge in [-0.15, -0.1) is 10.2 Å². The Balaban J connectivity index is 1.68. The maximum absolute atomic E-state index is 12.2. The summed E-state index contributed by atoms with van der Waals surface area (Å²) in [6.07, 6.45) is 1.56. The summed E-state index contributed by atoms with van der Waals surface area (Å²) >= 11 is 13.3. The molecule has 0 bridgehead atoms. The third kappa shape index (κ3) is 4.14. The predicted molar refractivity (Wildman–Crippen MR) is 102 cm³/mol. The summed E-state index contributed by atoms with van der Waals surface area (Å²) < 4.78 is 6.48. The van der Waals surface area contributed by atoms with E-state index >= 15 is 0 Å². The van der Waals surface area contributed by atoms with Crippen LogP contribution >= 0.6 is 35.0 Å². The fourth-order valence-corrected chi connectivity index (χ4v) is 3.44. The number of benzene rings is 1. The van der Waals surface area contributed by atoms with Crippen LogP contribution in [-0.2, 0) is 11.3 Å². The average molecular weight is 412 g/mol. The lowest BCUT2D eigenvalue weighted by Gasteiger charge is -2.11. The molecule has 1 amide bonds. The normalized spacial score (nSPS) is 12.1. The van der Waals surface area contributed by atoms with Crippen LogP contribution in [0.15, 0.2) is 46.2 Å². The minimum Gasteiger partial charge on any atom is -0.467 e. The van der Waals surface area contributed by atoms with E-state index in [9.17, 15) is 4.79 Å². The Kier molecular flexibility index (Phi) is 5.75. The zero-order valence-electron chi connectivity index (χ0n) is 13.6. The summed E-state index contributed by atoms with van der Waals surface area (Å²) in [5.41, 5.74) is 0.604. The molecule has 1 aromatic carbocycles. The van der Waals surface area contributed by atoms with Gasteiger partial charge in [0, 0.05) is 10.6 Å². The molecule has 10 heteroatoms. The second-order valence-electron chi connectivity index (χ2n) is 5.36. The van der Waals surface area contributed by atoms with Gasteiger partial charge in [-0.05, 0) is 37.3 Å². The number of carbonyl (C=O) groups excluding carboxylic acids is 1. The van der Waals surface area contributed by atoms with Gasteiger partial charge in [0.25, 0.3) is 0 Å². The Hall–Kier alpha value is -2.16. The second kappa shape index (κ2) is 8.03. The van der Waals surface area contributed by atoms with Crippen molar-refractivity contribution in [3.63, 3.8) is 0 Å². The van der Waals surface area contributed by atoms with Gasteiger partial charge in [-0.25, -0.2) is 4.68 Å². The van der Waals surface area contributed by atoms with Crippen molar-refractivity contribution in [2.75, 3.05) is 5.84 Å². The molecule has 0 aliphatic heterocycles. The van der Waals surface area contributed by atoms with Crippen LogP contribution in [0.2, 0.25) is 10.0 Å². The number of halogens is 2. The number of thioether (sulfide) groups is 1. The van der Waals surface area contributed by atoms with Crippen molar-refractivity contribution in [3.8, 4) is 11.4 Å². The summed E-state index contributed by atoms with van der Waals surface area (Å²) in [6.45, 7) is 2.07. The largest absolute Gasteiger partial charge is 0.467 e. The first-order valence-electron chi connectivity index (χ1n) is 7.58. The highest BCUT2D eigenvalue weighted by Crippen LogP contribution is 2.31. The van der Waals surface area contributed by atoms with Crippen molar-refractivity contribution in [2.45, 2.75) is 23.9 Å². The lowest BCUT2D eigenvalue weighted by atomic mass is 10.2. The molecule has 0 saturated carbocycles. The number of amides is 1. The van der Waals surface area contributed by atoms with E-state index in [1.54, 1.807) is 43.5 Å². The Labute approximate surface area is 163 Å². The molecule has 1 atom stereocenters. The molecule has 0 spiro atoms. The van der Waals surface area contributed by atoms with Crippen LogP contribution in [0.5, 0.6) is 0 Å². The van der Waals surface area contributed by atoms with Crippen LogP contribution in [0.3, 0.4) is 0 Å². The van der Waals surface area contributed by atoms with Gasteiger partial charge in [0.15, 0.2) is 5.82 Å². The zero-order valence-corrected chi connectivity index (χ0v) is 16.0. The third-order valence-corrected chi connectivity index (χ3v) is 5.11. The van der Waals surface area contributed by atoms with E-state index in [-0.39, 0.29) is 5.91 Å². The van der Waals surface area contributed by atoms with Crippen molar-refractivity contribution in [1.29, 1.82) is 0 Å². The van der Waals surface area contributed by atoms with Gasteiger partial charge in [0.05, 0.1) is 23.1 Å². The molecular weight excluding hydrogens is 397 g/mol. The van der Waals surface area contributed by atoms with E-state index in [0.717, 1.165) is 0 Å². The minimum atomic E-state index is -0.426. The molecule has 0 unspecified atom stereocenters. The number of hydrogen-bond acceptors (Lipinski definition) is 6. The molecule has 0 fully saturated rings. The molecule has 0 aliphatic carbocycles. The maximum atomic E-state index is 12.2. The van der Waals surface area contributed by atoms with Crippen molar-refractivity contribution < 1.29 is 9.21 Å². The summed E-state index contributed by atoms with van der Waals surface area (Å²) in [6, 6.07) is 8.56. The highest BCUT2D eigenvalue weighted by atomic mass is 35.5. The van der Waals surface area contributed by atoms with Gasteiger partial charge in [-0.1, -0.05) is 35.0 Å². The lowest BCUT2D eigenvalue weighted by molar-refractivity contribution is -0.120. The molecule has 3 N–H and O–H groups in total. The van der Waals surface area contributed by atoms with E-state index in [2.05, 4.69) is 15.5 Å². The Morgan fingerprint density at radius 1 is 1.38 bits per heavy atom. The number of aromatic nitrogens is 3. The number of hydrogen-bond donors (Lipinski definition) is 2. The quantitative estimate of drug-likeness (QED) is 0.476. The van der Waals surface area contributed by atoms with Crippen LogP contribution < -0.4 is 11.2 Å². The van der Waals surface area contributed by atoms with Crippen LogP contribution in [0.25, 0.3) is 11.4 Å². The molecule has 0 saturated heterocycles. The van der Waals surface area contributed by atoms with Gasteiger partial charge >= 0.3 is 0 Å². The summed E-state index contributed by atoms with van der Waals surface area (Å²) in [7, 11) is 0. The Morgan fingerprint density at radius 3 is 2.88 bits per heavy atom. The molecule has 3 rings (SSSR count). The number of carbonyl (C=O) groups is 1. The number of nitrogens with two attached hydrogens (primary N) is 1. The third-order valence-electron chi connectivity index (χ3n) is 3.50. The molecule has 2 aromatic heterocycles. The van der Waals surface area contributed by atoms with Gasteiger partial charge in [-0.3, -0.25) is 4.79 Å². The topological polar surface area (TPSA) is 99.0 Å². The molecule has 26 heavy (non-hydrogen) atoms. The smallest absolute Gasteiger partial charge is 0.233 e. The monoisotopic (exact) mass is 411 g/mol. The first-order valence-corrected chi connectivity index (χ1v) is 9.22. The first kappa shape index (κ1) is 18.6. The van der Waals surface area contributed by atoms with E-state index in [1.807, 2.05) is 0 Å². The minimum absolute atomic E-state index is 0.166. The zero-order chi connectivity index (χ0) is 18.7. The molecular formula is C16H15Cl2N5O2S. The van der Waals surface area contributed by atoms with E-state index in [1.165, 1.54) is 16.4 Å². The molecule has 0 radical (unpaired) electrons. The van der Waals surface area contributed by atoms with Gasteiger partial charge < -0.3 is 15.6 Å². The van der Waals surface area contributed by atoms with Crippen molar-refractivity contribution in [1.82, 2.24) is 20.2 Å². The highest BCUT2D eigenvalue weighted by Gasteiger charge is 2.21. The lowest BCUT2D eigenvalue weighted by Crippen LogP contribution is -2.30. The number of nitrogens with one attached hydrogen (secondary N) is 1. The van der Waals surface area contributed by atoms with Crippen LogP contribution in [0.4, 0.5) is 0 Å². The van der Waals surface area contributed by atoms with E-state index in [4.69, 9.17) is 33.5 Å². The predicted octanol–water partition coefficient (Wildman–Crippen LogP) is 3.36. The molecule has 3 aromatic rings. The number of nitrogens with zero attached hydrogens (tertiary/aromatic N) is 3. The number of furan rings is 1. The second-order valence-corrected chi connectivity index (χ2v) is 7.51. The Bertz CT molecular complexity index is 914. The number of nitrogen functional groups attached to an aromatic ring is 1. The summed E-state index contributed by atoms with van der Waals surface area (Å²) in [4.78, 5) is 12.2. The number of rotatable bonds is 6. The fraction of sp³-hybridized carbons (Fsp3) is 0.188. The van der Waals surface area contributed by atoms with Crippen molar-refractivity contribution in [3.05, 3.63) is 52.4 Å². The van der Waals surface area contributed by atoms with Crippen molar-refractivity contribution >= 4 is 40.9 Å². The van der Waals surface area contributed by atoms with Crippen LogP contribution in [0.1, 0.15) is 12.7 Å². The average Bonchev–Trinajstić information content (AvgIpc) is 3.24. The molecule has 0 aliphatic rings. The van der Waals surface area contributed by atoms with Gasteiger partial charge in [0.2, 0.25) is 11.1 Å². The fourth-order valence-electron chi connectivity index (χ4n) is 2.15. The van der Waals surface area contributed by atoms with Gasteiger partial charge in [-0.2, -0.15) is 0 Å². The Morgan fingerprint density at radius 2 is 2.19 bits per heavy atom. The SMILES string of the molecule is C[C@H](Sc1nnc(-c2ccc(Cl)cc2Cl)n1N)C(=O)NCc1ccco1. The van der Waals surface area contributed by atoms with E-state index in [0.29, 0.717) is 38.9 Å². The van der Waals surface area contributed by atoms with Gasteiger partial charge in [0.1, 0.15) is 5.76 Å². The first-order chi connectivity index (χ1) is 12.5. The standard InChI is InChI=1S/C16H15Cl2N5O2S/c1-9(15(24)20-8-11-3-2-6-25-11)26-16-22-21-14(23(16)19)12-5-4-10(17)7-13(12)18/h2-7,9H,8,19H2,1H3,(H,20,24)/t9-/m0/s1. The molecule has 2 heterocycles. The molecule has 136 valence electrons. The van der Waals surface area contributed by atoms with E-state index < -0.39 is 5.25 Å². The van der Waals surface area contributed by atoms with Crippen LogP contribution in [0, 0.1) is 0 Å². The summed E-state index contributed by atoms with van der Waals surface area (Å²) in [5.74, 6) is 6.97. The molecule has 7 nitrogen and oxygen atoms in total.